The molecule has 17 unspecified atom stereocenters. The normalized spacial score (nSPS) is 31.7. The molecule has 3 aliphatic heterocycles. The number of hydrogen-bond acceptors (Lipinski definition) is 18. The molecule has 19 heteroatoms. The van der Waals surface area contributed by atoms with Gasteiger partial charge in [-0.2, -0.15) is 0 Å². The Kier molecular flexibility index (Phi) is 35.3. The lowest BCUT2D eigenvalue weighted by Gasteiger charge is -2.48. The maximum atomic E-state index is 13.3. The summed E-state index contributed by atoms with van der Waals surface area (Å²) in [4.78, 5) is 13.3. The fourth-order valence-corrected chi connectivity index (χ4v) is 9.43. The number of carbonyl (C=O) groups is 1. The largest absolute Gasteiger partial charge is 0.394 e. The molecule has 0 aromatic rings. The molecule has 432 valence electrons. The van der Waals surface area contributed by atoms with Gasteiger partial charge in [-0.05, 0) is 57.8 Å². The van der Waals surface area contributed by atoms with Gasteiger partial charge in [0.05, 0.1) is 38.6 Å². The van der Waals surface area contributed by atoms with Crippen LogP contribution in [-0.4, -0.2) is 193 Å². The lowest BCUT2D eigenvalue weighted by Crippen LogP contribution is -2.66. The van der Waals surface area contributed by atoms with E-state index in [-0.39, 0.29) is 18.9 Å². The molecule has 3 rings (SSSR count). The second-order valence-electron chi connectivity index (χ2n) is 20.4. The lowest BCUT2D eigenvalue weighted by atomic mass is 9.96. The van der Waals surface area contributed by atoms with Crippen LogP contribution in [0.2, 0.25) is 0 Å². The Morgan fingerprint density at radius 1 is 0.473 bits per heavy atom. The third-order valence-corrected chi connectivity index (χ3v) is 14.2. The van der Waals surface area contributed by atoms with Crippen molar-refractivity contribution >= 4 is 5.91 Å². The highest BCUT2D eigenvalue weighted by atomic mass is 16.8. The zero-order valence-electron chi connectivity index (χ0n) is 44.6. The molecule has 0 saturated carbocycles. The van der Waals surface area contributed by atoms with E-state index in [4.69, 9.17) is 28.4 Å². The van der Waals surface area contributed by atoms with Crippen molar-refractivity contribution in [2.24, 2.45) is 0 Å². The van der Waals surface area contributed by atoms with Gasteiger partial charge in [0, 0.05) is 6.42 Å². The molecule has 3 heterocycles. The van der Waals surface area contributed by atoms with Crippen LogP contribution in [0, 0.1) is 0 Å². The van der Waals surface area contributed by atoms with E-state index in [1.165, 1.54) is 83.5 Å². The van der Waals surface area contributed by atoms with Crippen LogP contribution in [0.4, 0.5) is 0 Å². The minimum absolute atomic E-state index is 0.225. The zero-order chi connectivity index (χ0) is 54.1. The van der Waals surface area contributed by atoms with Crippen LogP contribution < -0.4 is 5.32 Å². The van der Waals surface area contributed by atoms with Crippen molar-refractivity contribution in [3.63, 3.8) is 0 Å². The van der Waals surface area contributed by atoms with E-state index in [2.05, 4.69) is 43.5 Å². The van der Waals surface area contributed by atoms with Gasteiger partial charge in [0.1, 0.15) is 73.2 Å². The van der Waals surface area contributed by atoms with Crippen LogP contribution >= 0.6 is 0 Å². The minimum Gasteiger partial charge on any atom is -0.394 e. The smallest absolute Gasteiger partial charge is 0.220 e. The molecular weight excluding hydrogens is 963 g/mol. The number of hydrogen-bond donors (Lipinski definition) is 12. The van der Waals surface area contributed by atoms with Crippen molar-refractivity contribution in [3.8, 4) is 0 Å². The quantitative estimate of drug-likeness (QED) is 0.0307. The predicted molar refractivity (Wildman–Crippen MR) is 277 cm³/mol. The van der Waals surface area contributed by atoms with Gasteiger partial charge in [0.2, 0.25) is 5.91 Å². The van der Waals surface area contributed by atoms with Gasteiger partial charge in [0.25, 0.3) is 0 Å². The van der Waals surface area contributed by atoms with Gasteiger partial charge in [-0.25, -0.2) is 0 Å². The average Bonchev–Trinajstić information content (AvgIpc) is 3.40. The lowest BCUT2D eigenvalue weighted by molar-refractivity contribution is -0.379. The fourth-order valence-electron chi connectivity index (χ4n) is 9.43. The van der Waals surface area contributed by atoms with Crippen LogP contribution in [0.25, 0.3) is 0 Å². The van der Waals surface area contributed by atoms with Crippen LogP contribution in [0.5, 0.6) is 0 Å². The van der Waals surface area contributed by atoms with E-state index in [0.717, 1.165) is 57.8 Å². The number of amides is 1. The van der Waals surface area contributed by atoms with E-state index >= 15 is 0 Å². The molecule has 19 nitrogen and oxygen atoms in total. The van der Waals surface area contributed by atoms with Crippen molar-refractivity contribution < 1.29 is 89.4 Å². The SMILES string of the molecule is CCCCCCCCC/C=C\CCCCCCCC(=O)NC(COC1OC(CO)C(OC2OC(CO)C(OC3OC(CO)C(O)C(O)C3O)C(O)C2O)C(O)C1O)C(O)/C=C/CC/C=C/CCCCCCCCC. The highest BCUT2D eigenvalue weighted by Gasteiger charge is 2.53. The summed E-state index contributed by atoms with van der Waals surface area (Å²) in [6.45, 7) is 1.66. The van der Waals surface area contributed by atoms with Crippen LogP contribution in [-0.2, 0) is 33.2 Å². The molecule has 0 aliphatic carbocycles. The molecule has 0 bridgehead atoms. The number of unbranched alkanes of at least 4 members (excludes halogenated alkanes) is 20. The zero-order valence-corrected chi connectivity index (χ0v) is 44.6. The maximum absolute atomic E-state index is 13.3. The van der Waals surface area contributed by atoms with E-state index in [1.807, 2.05) is 6.08 Å². The van der Waals surface area contributed by atoms with Crippen molar-refractivity contribution in [1.29, 1.82) is 0 Å². The number of ether oxygens (including phenoxy) is 6. The molecule has 0 spiro atoms. The van der Waals surface area contributed by atoms with Gasteiger partial charge in [0.15, 0.2) is 18.9 Å². The molecule has 3 saturated heterocycles. The molecule has 0 radical (unpaired) electrons. The van der Waals surface area contributed by atoms with Crippen molar-refractivity contribution in [3.05, 3.63) is 36.5 Å². The topological polar surface area (TPSA) is 307 Å². The molecular formula is C55H99NO18. The van der Waals surface area contributed by atoms with Crippen LogP contribution in [0.3, 0.4) is 0 Å². The Labute approximate surface area is 440 Å². The van der Waals surface area contributed by atoms with E-state index in [0.29, 0.717) is 12.8 Å². The average molecular weight is 1060 g/mol. The predicted octanol–water partition coefficient (Wildman–Crippen LogP) is 3.76. The molecule has 12 N–H and O–H groups in total. The standard InChI is InChI=1S/C55H99NO18/c1-3-5-7-9-11-13-15-17-18-19-21-23-25-27-29-31-33-43(61)56-38(39(60)32-30-28-26-24-22-20-16-14-12-10-8-6-4-2)37-69-53-49(67)46(64)51(41(35-58)71-53)74-55-50(68)47(65)52(42(36-59)72-55)73-54-48(66)45(63)44(62)40(34-57)70-54/h18-19,22,24,30,32,38-42,44-55,57-60,62-68H,3-17,20-21,23,25-29,31,33-37H2,1-2H3,(H,56,61)/b19-18-,24-22+,32-30+. The second-order valence-corrected chi connectivity index (χ2v) is 20.4. The van der Waals surface area contributed by atoms with Gasteiger partial charge >= 0.3 is 0 Å². The molecule has 3 fully saturated rings. The second kappa shape index (κ2) is 39.4. The Hall–Kier alpha value is -1.99. The third-order valence-electron chi connectivity index (χ3n) is 14.2. The number of allylic oxidation sites excluding steroid dienone is 5. The highest BCUT2D eigenvalue weighted by molar-refractivity contribution is 5.76. The molecule has 0 aromatic heterocycles. The molecule has 1 amide bonds. The summed E-state index contributed by atoms with van der Waals surface area (Å²) in [5.41, 5.74) is 0. The van der Waals surface area contributed by atoms with Gasteiger partial charge < -0.3 is 89.9 Å². The molecule has 17 atom stereocenters. The van der Waals surface area contributed by atoms with E-state index in [9.17, 15) is 61.0 Å². The molecule has 74 heavy (non-hydrogen) atoms. The number of aliphatic hydroxyl groups is 11. The Morgan fingerprint density at radius 3 is 1.35 bits per heavy atom. The third kappa shape index (κ3) is 23.9. The first-order chi connectivity index (χ1) is 35.8. The summed E-state index contributed by atoms with van der Waals surface area (Å²) in [5, 5.41) is 120. The van der Waals surface area contributed by atoms with Gasteiger partial charge in [-0.3, -0.25) is 4.79 Å². The summed E-state index contributed by atoms with van der Waals surface area (Å²) in [5.74, 6) is -0.297. The first-order valence-corrected chi connectivity index (χ1v) is 28.2. The monoisotopic (exact) mass is 1060 g/mol. The number of nitrogens with one attached hydrogen (secondary N) is 1. The Balaban J connectivity index is 1.54. The molecule has 3 aliphatic rings. The van der Waals surface area contributed by atoms with Crippen LogP contribution in [0.15, 0.2) is 36.5 Å². The van der Waals surface area contributed by atoms with Crippen molar-refractivity contribution in [2.75, 3.05) is 26.4 Å². The van der Waals surface area contributed by atoms with E-state index < -0.39 is 124 Å². The summed E-state index contributed by atoms with van der Waals surface area (Å²) in [7, 11) is 0. The Morgan fingerprint density at radius 2 is 0.865 bits per heavy atom. The fraction of sp³-hybridized carbons (Fsp3) is 0.873. The first kappa shape index (κ1) is 66.3. The number of aliphatic hydroxyl groups excluding tert-OH is 11. The van der Waals surface area contributed by atoms with Crippen molar-refractivity contribution in [2.45, 2.75) is 279 Å². The summed E-state index contributed by atoms with van der Waals surface area (Å²) < 4.78 is 34.1. The summed E-state index contributed by atoms with van der Waals surface area (Å²) in [6.07, 6.45) is 12.8. The number of carbonyl (C=O) groups excluding carboxylic acids is 1. The molecule has 0 aromatic carbocycles. The Bertz CT molecular complexity index is 1500. The maximum Gasteiger partial charge on any atom is 0.220 e. The van der Waals surface area contributed by atoms with Gasteiger partial charge in [-0.15, -0.1) is 0 Å². The van der Waals surface area contributed by atoms with E-state index in [1.54, 1.807) is 6.08 Å². The first-order valence-electron chi connectivity index (χ1n) is 28.2. The highest BCUT2D eigenvalue weighted by Crippen LogP contribution is 2.33. The summed E-state index contributed by atoms with van der Waals surface area (Å²) >= 11 is 0. The van der Waals surface area contributed by atoms with Crippen molar-refractivity contribution in [1.82, 2.24) is 5.32 Å². The minimum atomic E-state index is -1.98. The van der Waals surface area contributed by atoms with Gasteiger partial charge in [-0.1, -0.05) is 147 Å². The summed E-state index contributed by atoms with van der Waals surface area (Å²) in [6, 6.07) is -0.991. The van der Waals surface area contributed by atoms with Crippen LogP contribution in [0.1, 0.15) is 174 Å². The number of rotatable bonds is 40.